The maximum atomic E-state index is 5.97. The molecule has 1 aliphatic heterocycles. The second kappa shape index (κ2) is 9.41. The molecule has 0 bridgehead atoms. The average Bonchev–Trinajstić information content (AvgIpc) is 3.04. The van der Waals surface area contributed by atoms with Gasteiger partial charge >= 0.3 is 0 Å². The Hall–Kier alpha value is -3.73. The van der Waals surface area contributed by atoms with Crippen LogP contribution in [-0.4, -0.2) is 30.4 Å². The topological polar surface area (TPSA) is 42.3 Å². The van der Waals surface area contributed by atoms with Crippen LogP contribution >= 0.6 is 0 Å². The van der Waals surface area contributed by atoms with Gasteiger partial charge in [-0.05, 0) is 61.2 Å². The second-order valence-electron chi connectivity index (χ2n) is 8.68. The van der Waals surface area contributed by atoms with Gasteiger partial charge in [-0.2, -0.15) is 5.10 Å². The Morgan fingerprint density at radius 1 is 0.909 bits per heavy atom. The average molecular weight is 439 g/mol. The first-order chi connectivity index (χ1) is 16.2. The molecule has 168 valence electrons. The standard InChI is InChI=1S/C28H30N4O/c1-31(2)23-13-11-22(12-14-23)27-26-10-6-7-19-29-28(26)32(30-27)24-15-17-25(18-16-24)33-20-21-8-4-3-5-9-21/h3-5,8-9,11-18,29H,6-7,10,19-20H2,1-2H3. The third kappa shape index (κ3) is 4.58. The van der Waals surface area contributed by atoms with Gasteiger partial charge in [0.05, 0.1) is 11.4 Å². The fraction of sp³-hybridized carbons (Fsp3) is 0.250. The third-order valence-corrected chi connectivity index (χ3v) is 6.12. The van der Waals surface area contributed by atoms with Crippen molar-refractivity contribution >= 4 is 11.5 Å². The summed E-state index contributed by atoms with van der Waals surface area (Å²) < 4.78 is 8.02. The fourth-order valence-electron chi connectivity index (χ4n) is 4.26. The summed E-state index contributed by atoms with van der Waals surface area (Å²) in [6.07, 6.45) is 3.37. The summed E-state index contributed by atoms with van der Waals surface area (Å²) in [4.78, 5) is 2.12. The van der Waals surface area contributed by atoms with E-state index in [1.54, 1.807) is 0 Å². The van der Waals surface area contributed by atoms with E-state index in [9.17, 15) is 0 Å². The van der Waals surface area contributed by atoms with Crippen LogP contribution in [-0.2, 0) is 13.0 Å². The maximum Gasteiger partial charge on any atom is 0.133 e. The van der Waals surface area contributed by atoms with Gasteiger partial charge in [0.2, 0.25) is 0 Å². The number of nitrogens with one attached hydrogen (secondary N) is 1. The molecule has 0 saturated heterocycles. The lowest BCUT2D eigenvalue weighted by atomic mass is 10.0. The number of aromatic nitrogens is 2. The van der Waals surface area contributed by atoms with Crippen LogP contribution < -0.4 is 15.0 Å². The van der Waals surface area contributed by atoms with Crippen LogP contribution in [0.3, 0.4) is 0 Å². The van der Waals surface area contributed by atoms with Gasteiger partial charge in [-0.25, -0.2) is 4.68 Å². The fourth-order valence-corrected chi connectivity index (χ4v) is 4.26. The minimum Gasteiger partial charge on any atom is -0.489 e. The molecule has 0 atom stereocenters. The Balaban J connectivity index is 1.44. The minimum absolute atomic E-state index is 0.562. The summed E-state index contributed by atoms with van der Waals surface area (Å²) in [5.41, 5.74) is 6.90. The van der Waals surface area contributed by atoms with E-state index in [2.05, 4.69) is 77.5 Å². The molecule has 0 spiro atoms. The Kier molecular flexibility index (Phi) is 6.03. The van der Waals surface area contributed by atoms with Crippen LogP contribution in [0.5, 0.6) is 5.75 Å². The number of hydrogen-bond acceptors (Lipinski definition) is 4. The lowest BCUT2D eigenvalue weighted by Crippen LogP contribution is -2.08. The van der Waals surface area contributed by atoms with E-state index in [0.717, 1.165) is 47.0 Å². The van der Waals surface area contributed by atoms with Crippen molar-refractivity contribution in [3.8, 4) is 22.7 Å². The molecule has 0 saturated carbocycles. The minimum atomic E-state index is 0.562. The highest BCUT2D eigenvalue weighted by Gasteiger charge is 2.21. The van der Waals surface area contributed by atoms with Crippen LogP contribution in [0, 0.1) is 0 Å². The van der Waals surface area contributed by atoms with Gasteiger partial charge in [-0.15, -0.1) is 0 Å². The second-order valence-corrected chi connectivity index (χ2v) is 8.68. The highest BCUT2D eigenvalue weighted by Crippen LogP contribution is 2.35. The van der Waals surface area contributed by atoms with Crippen molar-refractivity contribution in [1.82, 2.24) is 9.78 Å². The molecule has 0 aliphatic carbocycles. The summed E-state index contributed by atoms with van der Waals surface area (Å²) in [5, 5.41) is 8.71. The number of hydrogen-bond donors (Lipinski definition) is 1. The highest BCUT2D eigenvalue weighted by molar-refractivity contribution is 5.72. The Morgan fingerprint density at radius 2 is 1.67 bits per heavy atom. The van der Waals surface area contributed by atoms with E-state index in [4.69, 9.17) is 9.84 Å². The zero-order valence-corrected chi connectivity index (χ0v) is 19.3. The molecular weight excluding hydrogens is 408 g/mol. The van der Waals surface area contributed by atoms with Crippen LogP contribution in [0.15, 0.2) is 78.9 Å². The molecule has 0 radical (unpaired) electrons. The smallest absolute Gasteiger partial charge is 0.133 e. The maximum absolute atomic E-state index is 5.97. The van der Waals surface area contributed by atoms with Gasteiger partial charge in [0.25, 0.3) is 0 Å². The first-order valence-corrected chi connectivity index (χ1v) is 11.6. The predicted octanol–water partition coefficient (Wildman–Crippen LogP) is 5.93. The predicted molar refractivity (Wildman–Crippen MR) is 136 cm³/mol. The van der Waals surface area contributed by atoms with Crippen LogP contribution in [0.25, 0.3) is 16.9 Å². The molecule has 0 fully saturated rings. The van der Waals surface area contributed by atoms with Gasteiger partial charge in [-0.1, -0.05) is 42.5 Å². The van der Waals surface area contributed by atoms with E-state index in [0.29, 0.717) is 6.61 Å². The van der Waals surface area contributed by atoms with E-state index in [1.165, 1.54) is 24.1 Å². The molecule has 33 heavy (non-hydrogen) atoms. The van der Waals surface area contributed by atoms with Gasteiger partial charge in [0.15, 0.2) is 0 Å². The van der Waals surface area contributed by atoms with E-state index in [1.807, 2.05) is 30.3 Å². The van der Waals surface area contributed by atoms with E-state index < -0.39 is 0 Å². The summed E-state index contributed by atoms with van der Waals surface area (Å²) in [7, 11) is 4.12. The first kappa shape index (κ1) is 21.1. The van der Waals surface area contributed by atoms with Crippen molar-refractivity contribution < 1.29 is 4.74 Å². The summed E-state index contributed by atoms with van der Waals surface area (Å²) in [5.74, 6) is 1.96. The molecule has 2 heterocycles. The van der Waals surface area contributed by atoms with Crippen molar-refractivity contribution in [2.45, 2.75) is 25.9 Å². The number of rotatable bonds is 6. The Bertz CT molecular complexity index is 1200. The van der Waals surface area contributed by atoms with Crippen molar-refractivity contribution in [2.75, 3.05) is 30.9 Å². The number of fused-ring (bicyclic) bond motifs is 1. The SMILES string of the molecule is CN(C)c1ccc(-c2nn(-c3ccc(OCc4ccccc4)cc3)c3c2CCCCN3)cc1. The normalized spacial score (nSPS) is 13.0. The molecular formula is C28H30N4O. The lowest BCUT2D eigenvalue weighted by Gasteiger charge is -2.12. The Morgan fingerprint density at radius 3 is 2.39 bits per heavy atom. The summed E-state index contributed by atoms with van der Waals surface area (Å²) in [6.45, 7) is 1.53. The number of nitrogens with zero attached hydrogens (tertiary/aromatic N) is 3. The Labute approximate surface area is 195 Å². The zero-order valence-electron chi connectivity index (χ0n) is 19.3. The molecule has 3 aromatic carbocycles. The van der Waals surface area contributed by atoms with Gasteiger partial charge in [0, 0.05) is 37.5 Å². The number of anilines is 2. The molecule has 5 nitrogen and oxygen atoms in total. The summed E-state index contributed by atoms with van der Waals surface area (Å²) in [6, 6.07) is 27.1. The molecule has 4 aromatic rings. The monoisotopic (exact) mass is 438 g/mol. The first-order valence-electron chi connectivity index (χ1n) is 11.6. The molecule has 0 amide bonds. The largest absolute Gasteiger partial charge is 0.489 e. The molecule has 1 N–H and O–H groups in total. The van der Waals surface area contributed by atoms with E-state index >= 15 is 0 Å². The molecule has 1 aromatic heterocycles. The van der Waals surface area contributed by atoms with Crippen molar-refractivity contribution in [3.63, 3.8) is 0 Å². The van der Waals surface area contributed by atoms with E-state index in [-0.39, 0.29) is 0 Å². The van der Waals surface area contributed by atoms with Crippen LogP contribution in [0.2, 0.25) is 0 Å². The zero-order chi connectivity index (χ0) is 22.6. The van der Waals surface area contributed by atoms with Crippen molar-refractivity contribution in [2.24, 2.45) is 0 Å². The number of benzene rings is 3. The molecule has 0 unspecified atom stereocenters. The summed E-state index contributed by atoms with van der Waals surface area (Å²) >= 11 is 0. The van der Waals surface area contributed by atoms with Crippen molar-refractivity contribution in [3.05, 3.63) is 90.0 Å². The van der Waals surface area contributed by atoms with Crippen molar-refractivity contribution in [1.29, 1.82) is 0 Å². The highest BCUT2D eigenvalue weighted by atomic mass is 16.5. The van der Waals surface area contributed by atoms with Gasteiger partial charge in [-0.3, -0.25) is 0 Å². The van der Waals surface area contributed by atoms with Crippen LogP contribution in [0.4, 0.5) is 11.5 Å². The molecule has 5 heteroatoms. The third-order valence-electron chi connectivity index (χ3n) is 6.12. The molecule has 1 aliphatic rings. The lowest BCUT2D eigenvalue weighted by molar-refractivity contribution is 0.306. The number of ether oxygens (including phenoxy) is 1. The molecule has 5 rings (SSSR count). The van der Waals surface area contributed by atoms with Crippen LogP contribution in [0.1, 0.15) is 24.0 Å². The van der Waals surface area contributed by atoms with Gasteiger partial charge in [0.1, 0.15) is 18.2 Å². The quantitative estimate of drug-likeness (QED) is 0.405. The van der Waals surface area contributed by atoms with Gasteiger partial charge < -0.3 is 15.0 Å².